The van der Waals surface area contributed by atoms with Crippen LogP contribution in [0.4, 0.5) is 0 Å². The lowest BCUT2D eigenvalue weighted by atomic mass is 9.95. The molecule has 0 atom stereocenters. The van der Waals surface area contributed by atoms with Crippen LogP contribution in [0.3, 0.4) is 0 Å². The van der Waals surface area contributed by atoms with Gasteiger partial charge >= 0.3 is 0 Å². The topological polar surface area (TPSA) is 77.4 Å². The van der Waals surface area contributed by atoms with Crippen molar-refractivity contribution in [3.05, 3.63) is 60.8 Å². The zero-order valence-corrected chi connectivity index (χ0v) is 19.6. The molecule has 1 aliphatic carbocycles. The van der Waals surface area contributed by atoms with Crippen molar-refractivity contribution < 1.29 is 14.2 Å². The number of benzene rings is 1. The highest BCUT2D eigenvalue weighted by atomic mass is 16.5. The molecule has 2 aromatic heterocycles. The standard InChI is InChI=1S/C26H29N6O2/c1-31-17-22(15-29-31)19-4-3-5-20(12-19)26-27-13-21(14-28-26)23-16-30-32(18-23)24-6-8-25(9-7-24)34-11-10-33-2/h3-5,12-18,25H,6-11H2,1-2H3/q+1. The lowest BCUT2D eigenvalue weighted by Crippen LogP contribution is -2.26. The number of methoxy groups -OCH3 is 1. The Hall–Kier alpha value is -3.49. The lowest BCUT2D eigenvalue weighted by Gasteiger charge is -2.21. The monoisotopic (exact) mass is 457 g/mol. The SMILES string of the molecule is COCCOC1CCC(=[N+]2C=C(c3cnc(-c4cccc(-c5cnn(C)c5)c4)nc3)C=N2)CC1. The summed E-state index contributed by atoms with van der Waals surface area (Å²) in [6.07, 6.45) is 15.9. The van der Waals surface area contributed by atoms with Gasteiger partial charge in [0, 0.05) is 62.3 Å². The molecule has 0 bridgehead atoms. The van der Waals surface area contributed by atoms with Crippen molar-refractivity contribution in [2.45, 2.75) is 31.8 Å². The molecule has 0 radical (unpaired) electrons. The molecule has 3 heterocycles. The van der Waals surface area contributed by atoms with Crippen LogP contribution in [0, 0.1) is 0 Å². The number of nitrogens with zero attached hydrogens (tertiary/aromatic N) is 6. The molecule has 0 amide bonds. The van der Waals surface area contributed by atoms with Crippen molar-refractivity contribution in [1.82, 2.24) is 19.7 Å². The van der Waals surface area contributed by atoms with Crippen LogP contribution < -0.4 is 0 Å². The predicted molar refractivity (Wildman–Crippen MR) is 131 cm³/mol. The first kappa shape index (κ1) is 22.3. The molecular weight excluding hydrogens is 428 g/mol. The van der Waals surface area contributed by atoms with Crippen LogP contribution in [0.15, 0.2) is 60.4 Å². The maximum absolute atomic E-state index is 5.87. The Balaban J connectivity index is 1.26. The minimum absolute atomic E-state index is 0.312. The minimum atomic E-state index is 0.312. The van der Waals surface area contributed by atoms with Gasteiger partial charge in [0.25, 0.3) is 0 Å². The first-order valence-corrected chi connectivity index (χ1v) is 11.6. The van der Waals surface area contributed by atoms with Gasteiger partial charge in [0.15, 0.2) is 11.5 Å². The average molecular weight is 458 g/mol. The lowest BCUT2D eigenvalue weighted by molar-refractivity contribution is -0.460. The van der Waals surface area contributed by atoms with E-state index in [1.807, 2.05) is 54.9 Å². The van der Waals surface area contributed by atoms with Crippen LogP contribution in [-0.2, 0) is 16.5 Å². The van der Waals surface area contributed by atoms with Crippen LogP contribution in [0.25, 0.3) is 28.1 Å². The second-order valence-corrected chi connectivity index (χ2v) is 8.58. The van der Waals surface area contributed by atoms with E-state index in [-0.39, 0.29) is 0 Å². The van der Waals surface area contributed by atoms with E-state index in [9.17, 15) is 0 Å². The smallest absolute Gasteiger partial charge is 0.211 e. The van der Waals surface area contributed by atoms with Crippen molar-refractivity contribution >= 4 is 17.5 Å². The van der Waals surface area contributed by atoms with Gasteiger partial charge in [-0.15, -0.1) is 0 Å². The molecule has 1 aliphatic heterocycles. The van der Waals surface area contributed by atoms with E-state index in [1.54, 1.807) is 11.8 Å². The van der Waals surface area contributed by atoms with Gasteiger partial charge in [0.2, 0.25) is 6.20 Å². The highest BCUT2D eigenvalue weighted by Gasteiger charge is 2.26. The number of aryl methyl sites for hydroxylation is 1. The maximum atomic E-state index is 5.87. The van der Waals surface area contributed by atoms with Crippen molar-refractivity contribution in [3.8, 4) is 22.5 Å². The molecule has 1 fully saturated rings. The van der Waals surface area contributed by atoms with E-state index in [0.717, 1.165) is 53.5 Å². The van der Waals surface area contributed by atoms with Crippen LogP contribution in [0.2, 0.25) is 0 Å². The fraction of sp³-hybridized carbons (Fsp3) is 0.346. The molecule has 0 saturated heterocycles. The second kappa shape index (κ2) is 10.2. The van der Waals surface area contributed by atoms with Crippen molar-refractivity contribution in [2.24, 2.45) is 12.1 Å². The molecule has 2 aliphatic rings. The van der Waals surface area contributed by atoms with Gasteiger partial charge in [0.1, 0.15) is 6.21 Å². The summed E-state index contributed by atoms with van der Waals surface area (Å²) in [6, 6.07) is 8.21. The minimum Gasteiger partial charge on any atom is -0.382 e. The average Bonchev–Trinajstić information content (AvgIpc) is 3.55. The van der Waals surface area contributed by atoms with Gasteiger partial charge in [-0.3, -0.25) is 4.68 Å². The summed E-state index contributed by atoms with van der Waals surface area (Å²) >= 11 is 0. The van der Waals surface area contributed by atoms with Gasteiger partial charge in [-0.1, -0.05) is 22.9 Å². The molecule has 1 aromatic carbocycles. The Bertz CT molecular complexity index is 1230. The van der Waals surface area contributed by atoms with Crippen LogP contribution in [-0.4, -0.2) is 62.8 Å². The summed E-state index contributed by atoms with van der Waals surface area (Å²) < 4.78 is 14.7. The molecule has 0 N–H and O–H groups in total. The molecule has 8 heteroatoms. The fourth-order valence-corrected chi connectivity index (χ4v) is 4.30. The number of hydrazone groups is 1. The Morgan fingerprint density at radius 3 is 2.53 bits per heavy atom. The highest BCUT2D eigenvalue weighted by Crippen LogP contribution is 2.25. The van der Waals surface area contributed by atoms with E-state index in [2.05, 4.69) is 38.5 Å². The molecule has 0 spiro atoms. The molecule has 8 nitrogen and oxygen atoms in total. The van der Waals surface area contributed by atoms with Gasteiger partial charge in [-0.2, -0.15) is 5.10 Å². The Morgan fingerprint density at radius 1 is 1.00 bits per heavy atom. The van der Waals surface area contributed by atoms with E-state index >= 15 is 0 Å². The van der Waals surface area contributed by atoms with E-state index in [0.29, 0.717) is 25.1 Å². The normalized spacial score (nSPS) is 17.9. The summed E-state index contributed by atoms with van der Waals surface area (Å²) in [5.41, 5.74) is 6.43. The molecule has 5 rings (SSSR count). The molecule has 0 unspecified atom stereocenters. The number of ether oxygens (including phenoxy) is 2. The first-order valence-electron chi connectivity index (χ1n) is 11.6. The molecule has 34 heavy (non-hydrogen) atoms. The highest BCUT2D eigenvalue weighted by molar-refractivity contribution is 6.10. The fourth-order valence-electron chi connectivity index (χ4n) is 4.30. The molecule has 174 valence electrons. The van der Waals surface area contributed by atoms with Crippen LogP contribution >= 0.6 is 0 Å². The molecular formula is C26H29N6O2+. The third-order valence-corrected chi connectivity index (χ3v) is 6.20. The van der Waals surface area contributed by atoms with Gasteiger partial charge in [-0.05, 0) is 29.6 Å². The summed E-state index contributed by atoms with van der Waals surface area (Å²) in [5.74, 6) is 0.697. The number of aromatic nitrogens is 4. The van der Waals surface area contributed by atoms with E-state index in [4.69, 9.17) is 9.47 Å². The van der Waals surface area contributed by atoms with Gasteiger partial charge in [-0.25, -0.2) is 9.97 Å². The van der Waals surface area contributed by atoms with Gasteiger partial charge < -0.3 is 9.47 Å². The summed E-state index contributed by atoms with van der Waals surface area (Å²) in [7, 11) is 3.62. The quantitative estimate of drug-likeness (QED) is 0.397. The third-order valence-electron chi connectivity index (χ3n) is 6.20. The maximum Gasteiger partial charge on any atom is 0.211 e. The number of hydrogen-bond donors (Lipinski definition) is 0. The summed E-state index contributed by atoms with van der Waals surface area (Å²) in [6.45, 7) is 1.30. The van der Waals surface area contributed by atoms with E-state index < -0.39 is 0 Å². The Labute approximate surface area is 199 Å². The zero-order valence-electron chi connectivity index (χ0n) is 19.6. The summed E-state index contributed by atoms with van der Waals surface area (Å²) in [5, 5.41) is 8.86. The number of rotatable bonds is 7. The third kappa shape index (κ3) is 5.03. The first-order chi connectivity index (χ1) is 16.7. The van der Waals surface area contributed by atoms with Crippen molar-refractivity contribution in [3.63, 3.8) is 0 Å². The Kier molecular flexibility index (Phi) is 6.69. The van der Waals surface area contributed by atoms with Gasteiger partial charge in [0.05, 0.1) is 31.1 Å². The number of hydrogen-bond acceptors (Lipinski definition) is 6. The Morgan fingerprint density at radius 2 is 1.79 bits per heavy atom. The van der Waals surface area contributed by atoms with E-state index in [1.165, 1.54) is 5.71 Å². The van der Waals surface area contributed by atoms with Crippen LogP contribution in [0.5, 0.6) is 0 Å². The predicted octanol–water partition coefficient (Wildman–Crippen LogP) is 3.94. The number of allylic oxidation sites excluding steroid dienone is 1. The van der Waals surface area contributed by atoms with Crippen molar-refractivity contribution in [1.29, 1.82) is 0 Å². The van der Waals surface area contributed by atoms with Crippen LogP contribution in [0.1, 0.15) is 31.2 Å². The van der Waals surface area contributed by atoms with Crippen molar-refractivity contribution in [2.75, 3.05) is 20.3 Å². The summed E-state index contributed by atoms with van der Waals surface area (Å²) in [4.78, 5) is 9.26. The molecule has 1 saturated carbocycles. The second-order valence-electron chi connectivity index (χ2n) is 8.58. The zero-order chi connectivity index (χ0) is 23.3. The molecule has 3 aromatic rings. The largest absolute Gasteiger partial charge is 0.382 e.